The number of hydrogen-bond donors (Lipinski definition) is 1. The molecule has 0 saturated carbocycles. The molecule has 1 saturated heterocycles. The van der Waals surface area contributed by atoms with Gasteiger partial charge in [-0.05, 0) is 46.5 Å². The normalized spacial score (nSPS) is 19.4. The monoisotopic (exact) mass is 213 g/mol. The summed E-state index contributed by atoms with van der Waals surface area (Å²) in [4.78, 5) is 11.5. The SMILES string of the molecule is CC(C)(C)OC(=O)NN1CC[CH]CCC1. The number of hydrogen-bond acceptors (Lipinski definition) is 3. The Morgan fingerprint density at radius 3 is 2.73 bits per heavy atom. The lowest BCUT2D eigenvalue weighted by Gasteiger charge is -2.24. The van der Waals surface area contributed by atoms with Gasteiger partial charge < -0.3 is 4.74 Å². The zero-order valence-corrected chi connectivity index (χ0v) is 9.88. The second-order valence-electron chi connectivity index (χ2n) is 4.82. The first kappa shape index (κ1) is 12.3. The van der Waals surface area contributed by atoms with Crippen LogP contribution in [-0.2, 0) is 4.74 Å². The maximum Gasteiger partial charge on any atom is 0.422 e. The Kier molecular flexibility index (Phi) is 4.39. The van der Waals surface area contributed by atoms with E-state index in [9.17, 15) is 4.79 Å². The number of carbonyl (C=O) groups is 1. The van der Waals surface area contributed by atoms with Crippen LogP contribution >= 0.6 is 0 Å². The predicted molar refractivity (Wildman–Crippen MR) is 59.1 cm³/mol. The highest BCUT2D eigenvalue weighted by Crippen LogP contribution is 2.09. The van der Waals surface area contributed by atoms with Gasteiger partial charge in [-0.1, -0.05) is 0 Å². The van der Waals surface area contributed by atoms with Crippen LogP contribution in [0.4, 0.5) is 4.79 Å². The fourth-order valence-electron chi connectivity index (χ4n) is 1.47. The van der Waals surface area contributed by atoms with E-state index in [4.69, 9.17) is 4.74 Å². The van der Waals surface area contributed by atoms with Crippen molar-refractivity contribution in [2.75, 3.05) is 13.1 Å². The smallest absolute Gasteiger partial charge is 0.422 e. The van der Waals surface area contributed by atoms with E-state index >= 15 is 0 Å². The second-order valence-corrected chi connectivity index (χ2v) is 4.82. The van der Waals surface area contributed by atoms with Crippen LogP contribution in [0.5, 0.6) is 0 Å². The van der Waals surface area contributed by atoms with Gasteiger partial charge in [0, 0.05) is 13.1 Å². The van der Waals surface area contributed by atoms with E-state index in [1.165, 1.54) is 0 Å². The van der Waals surface area contributed by atoms with Crippen LogP contribution < -0.4 is 5.43 Å². The molecule has 0 bridgehead atoms. The van der Waals surface area contributed by atoms with Crippen LogP contribution in [0.25, 0.3) is 0 Å². The quantitative estimate of drug-likeness (QED) is 0.725. The van der Waals surface area contributed by atoms with Crippen LogP contribution in [0, 0.1) is 6.42 Å². The number of carbonyl (C=O) groups excluding carboxylic acids is 1. The van der Waals surface area contributed by atoms with Gasteiger partial charge in [0.05, 0.1) is 0 Å². The fourth-order valence-corrected chi connectivity index (χ4v) is 1.47. The van der Waals surface area contributed by atoms with Crippen molar-refractivity contribution in [2.45, 2.75) is 45.6 Å². The molecule has 4 nitrogen and oxygen atoms in total. The molecule has 0 aliphatic carbocycles. The Hall–Kier alpha value is -0.770. The molecule has 0 unspecified atom stereocenters. The molecule has 0 aromatic carbocycles. The van der Waals surface area contributed by atoms with Crippen molar-refractivity contribution >= 4 is 6.09 Å². The molecule has 1 radical (unpaired) electrons. The lowest BCUT2D eigenvalue weighted by atomic mass is 10.2. The van der Waals surface area contributed by atoms with Crippen molar-refractivity contribution in [1.29, 1.82) is 0 Å². The minimum atomic E-state index is -0.429. The minimum absolute atomic E-state index is 0.357. The molecule has 0 aromatic rings. The number of rotatable bonds is 1. The van der Waals surface area contributed by atoms with Gasteiger partial charge in [-0.25, -0.2) is 9.80 Å². The summed E-state index contributed by atoms with van der Waals surface area (Å²) < 4.78 is 5.18. The number of nitrogens with one attached hydrogen (secondary N) is 1. The first-order chi connectivity index (χ1) is 6.97. The standard InChI is InChI=1S/C11H21N2O2/c1-11(2,3)15-10(14)12-13-8-6-4-5-7-9-13/h4H,5-9H2,1-3H3,(H,12,14). The third-order valence-corrected chi connectivity index (χ3v) is 2.09. The van der Waals surface area contributed by atoms with Gasteiger partial charge in [0.2, 0.25) is 0 Å². The zero-order valence-electron chi connectivity index (χ0n) is 9.88. The molecule has 0 aromatic heterocycles. The average Bonchev–Trinajstić information content (AvgIpc) is 2.28. The Morgan fingerprint density at radius 2 is 2.07 bits per heavy atom. The van der Waals surface area contributed by atoms with Crippen LogP contribution in [0.2, 0.25) is 0 Å². The largest absolute Gasteiger partial charge is 0.443 e. The molecule has 4 heteroatoms. The summed E-state index contributed by atoms with van der Waals surface area (Å²) in [6, 6.07) is 0. The zero-order chi connectivity index (χ0) is 11.3. The molecule has 1 fully saturated rings. The van der Waals surface area contributed by atoms with E-state index in [-0.39, 0.29) is 6.09 Å². The number of hydrazine groups is 1. The summed E-state index contributed by atoms with van der Waals surface area (Å²) in [7, 11) is 0. The van der Waals surface area contributed by atoms with Crippen LogP contribution in [0.15, 0.2) is 0 Å². The molecule has 1 amide bonds. The van der Waals surface area contributed by atoms with Crippen LogP contribution in [0.3, 0.4) is 0 Å². The van der Waals surface area contributed by atoms with E-state index in [0.717, 1.165) is 32.4 Å². The van der Waals surface area contributed by atoms with Gasteiger partial charge in [0.25, 0.3) is 0 Å². The van der Waals surface area contributed by atoms with E-state index in [1.54, 1.807) is 0 Å². The molecule has 87 valence electrons. The number of ether oxygens (including phenoxy) is 1. The first-order valence-corrected chi connectivity index (χ1v) is 5.53. The highest BCUT2D eigenvalue weighted by Gasteiger charge is 2.18. The van der Waals surface area contributed by atoms with Gasteiger partial charge in [-0.2, -0.15) is 0 Å². The Labute approximate surface area is 91.9 Å². The molecule has 1 rings (SSSR count). The third kappa shape index (κ3) is 5.62. The molecule has 1 aliphatic rings. The van der Waals surface area contributed by atoms with E-state index in [0.29, 0.717) is 0 Å². The fraction of sp³-hybridized carbons (Fsp3) is 0.818. The molecule has 1 heterocycles. The van der Waals surface area contributed by atoms with Crippen molar-refractivity contribution in [3.63, 3.8) is 0 Å². The van der Waals surface area contributed by atoms with Crippen LogP contribution in [-0.4, -0.2) is 29.8 Å². The summed E-state index contributed by atoms with van der Waals surface area (Å²) in [5.41, 5.74) is 2.34. The average molecular weight is 213 g/mol. The van der Waals surface area contributed by atoms with Crippen molar-refractivity contribution in [2.24, 2.45) is 0 Å². The Bertz CT molecular complexity index is 203. The van der Waals surface area contributed by atoms with Gasteiger partial charge in [0.1, 0.15) is 5.60 Å². The Balaban J connectivity index is 2.30. The second kappa shape index (κ2) is 5.35. The van der Waals surface area contributed by atoms with E-state index in [1.807, 2.05) is 25.8 Å². The lowest BCUT2D eigenvalue weighted by molar-refractivity contribution is 0.0336. The van der Waals surface area contributed by atoms with E-state index in [2.05, 4.69) is 11.8 Å². The molecular formula is C11H21N2O2. The molecule has 15 heavy (non-hydrogen) atoms. The van der Waals surface area contributed by atoms with Crippen molar-refractivity contribution in [3.05, 3.63) is 6.42 Å². The van der Waals surface area contributed by atoms with Crippen LogP contribution in [0.1, 0.15) is 40.0 Å². The molecule has 0 spiro atoms. The van der Waals surface area contributed by atoms with Gasteiger partial charge >= 0.3 is 6.09 Å². The van der Waals surface area contributed by atoms with E-state index < -0.39 is 5.60 Å². The van der Waals surface area contributed by atoms with Gasteiger partial charge in [-0.3, -0.25) is 5.43 Å². The van der Waals surface area contributed by atoms with Gasteiger partial charge in [-0.15, -0.1) is 0 Å². The van der Waals surface area contributed by atoms with Crippen molar-refractivity contribution in [1.82, 2.24) is 10.4 Å². The summed E-state index contributed by atoms with van der Waals surface area (Å²) in [5, 5.41) is 1.93. The first-order valence-electron chi connectivity index (χ1n) is 5.53. The number of amides is 1. The van der Waals surface area contributed by atoms with Crippen molar-refractivity contribution in [3.8, 4) is 0 Å². The number of nitrogens with zero attached hydrogens (tertiary/aromatic N) is 1. The maximum atomic E-state index is 11.5. The summed E-state index contributed by atoms with van der Waals surface area (Å²) >= 11 is 0. The molecular weight excluding hydrogens is 192 g/mol. The lowest BCUT2D eigenvalue weighted by Crippen LogP contribution is -2.45. The summed E-state index contributed by atoms with van der Waals surface area (Å²) in [6.07, 6.45) is 5.15. The minimum Gasteiger partial charge on any atom is -0.443 e. The molecule has 1 aliphatic heterocycles. The highest BCUT2D eigenvalue weighted by molar-refractivity contribution is 5.67. The third-order valence-electron chi connectivity index (χ3n) is 2.09. The maximum absolute atomic E-state index is 11.5. The molecule has 0 atom stereocenters. The highest BCUT2D eigenvalue weighted by atomic mass is 16.6. The van der Waals surface area contributed by atoms with Gasteiger partial charge in [0.15, 0.2) is 0 Å². The predicted octanol–water partition coefficient (Wildman–Crippen LogP) is 2.12. The summed E-state index contributed by atoms with van der Waals surface area (Å²) in [5.74, 6) is 0. The topological polar surface area (TPSA) is 41.6 Å². The summed E-state index contributed by atoms with van der Waals surface area (Å²) in [6.45, 7) is 7.36. The molecule has 1 N–H and O–H groups in total. The Morgan fingerprint density at radius 1 is 1.33 bits per heavy atom. The van der Waals surface area contributed by atoms with Crippen molar-refractivity contribution < 1.29 is 9.53 Å².